The lowest BCUT2D eigenvalue weighted by Gasteiger charge is -2.05. The number of carbonyl (C=O) groups is 1. The smallest absolute Gasteiger partial charge is 0.272 e. The number of hydrogen-bond donors (Lipinski definition) is 1. The SMILES string of the molecule is CS(=O)(=O)c1ccc(CNC(=O)c2ccn(-c3ccccc3F)n2)cc1. The molecule has 1 N–H and O–H groups in total. The van der Waals surface area contributed by atoms with Gasteiger partial charge in [0.1, 0.15) is 11.5 Å². The highest BCUT2D eigenvalue weighted by Gasteiger charge is 2.12. The summed E-state index contributed by atoms with van der Waals surface area (Å²) in [6, 6.07) is 13.9. The molecule has 0 radical (unpaired) electrons. The van der Waals surface area contributed by atoms with Crippen molar-refractivity contribution in [3.05, 3.63) is 77.9 Å². The molecule has 0 aliphatic heterocycles. The number of benzene rings is 2. The highest BCUT2D eigenvalue weighted by Crippen LogP contribution is 2.13. The Labute approximate surface area is 150 Å². The molecule has 0 spiro atoms. The summed E-state index contributed by atoms with van der Waals surface area (Å²) in [6.45, 7) is 0.218. The van der Waals surface area contributed by atoms with Crippen LogP contribution < -0.4 is 5.32 Å². The summed E-state index contributed by atoms with van der Waals surface area (Å²) >= 11 is 0. The lowest BCUT2D eigenvalue weighted by molar-refractivity contribution is 0.0945. The molecule has 6 nitrogen and oxygen atoms in total. The Morgan fingerprint density at radius 2 is 1.81 bits per heavy atom. The van der Waals surface area contributed by atoms with Crippen LogP contribution in [0.5, 0.6) is 0 Å². The number of hydrogen-bond acceptors (Lipinski definition) is 4. The lowest BCUT2D eigenvalue weighted by Crippen LogP contribution is -2.23. The zero-order valence-corrected chi connectivity index (χ0v) is 14.7. The third-order valence-corrected chi connectivity index (χ3v) is 4.85. The zero-order valence-electron chi connectivity index (χ0n) is 13.9. The van der Waals surface area contributed by atoms with Crippen molar-refractivity contribution in [3.8, 4) is 5.69 Å². The predicted octanol–water partition coefficient (Wildman–Crippen LogP) is 2.34. The second-order valence-electron chi connectivity index (χ2n) is 5.70. The van der Waals surface area contributed by atoms with Crippen LogP contribution in [0.3, 0.4) is 0 Å². The van der Waals surface area contributed by atoms with Crippen LogP contribution in [0, 0.1) is 5.82 Å². The Bertz CT molecular complexity index is 1040. The highest BCUT2D eigenvalue weighted by atomic mass is 32.2. The average Bonchev–Trinajstić information content (AvgIpc) is 3.09. The maximum absolute atomic E-state index is 13.8. The molecule has 26 heavy (non-hydrogen) atoms. The molecule has 1 heterocycles. The first kappa shape index (κ1) is 17.8. The van der Waals surface area contributed by atoms with Crippen LogP contribution in [-0.4, -0.2) is 30.4 Å². The minimum atomic E-state index is -3.25. The molecule has 0 aliphatic carbocycles. The van der Waals surface area contributed by atoms with E-state index in [1.54, 1.807) is 30.3 Å². The van der Waals surface area contributed by atoms with Gasteiger partial charge in [-0.1, -0.05) is 24.3 Å². The average molecular weight is 373 g/mol. The van der Waals surface area contributed by atoms with Gasteiger partial charge < -0.3 is 5.32 Å². The number of halogens is 1. The number of aromatic nitrogens is 2. The topological polar surface area (TPSA) is 81.1 Å². The largest absolute Gasteiger partial charge is 0.347 e. The molecular weight excluding hydrogens is 357 g/mol. The van der Waals surface area contributed by atoms with Gasteiger partial charge in [-0.25, -0.2) is 17.5 Å². The minimum Gasteiger partial charge on any atom is -0.347 e. The fourth-order valence-electron chi connectivity index (χ4n) is 2.34. The van der Waals surface area contributed by atoms with Crippen molar-refractivity contribution in [1.82, 2.24) is 15.1 Å². The molecule has 1 aromatic heterocycles. The Balaban J connectivity index is 1.67. The molecule has 8 heteroatoms. The standard InChI is InChI=1S/C18H16FN3O3S/c1-26(24,25)14-8-6-13(7-9-14)12-20-18(23)16-10-11-22(21-16)17-5-3-2-4-15(17)19/h2-11H,12H2,1H3,(H,20,23). The Kier molecular flexibility index (Phi) is 4.85. The quantitative estimate of drug-likeness (QED) is 0.744. The molecule has 0 aliphatic rings. The summed E-state index contributed by atoms with van der Waals surface area (Å²) in [5, 5.41) is 6.78. The van der Waals surface area contributed by atoms with Crippen LogP contribution >= 0.6 is 0 Å². The third-order valence-electron chi connectivity index (χ3n) is 3.73. The maximum atomic E-state index is 13.8. The lowest BCUT2D eigenvalue weighted by atomic mass is 10.2. The normalized spacial score (nSPS) is 11.3. The molecule has 0 saturated carbocycles. The van der Waals surface area contributed by atoms with Crippen molar-refractivity contribution in [3.63, 3.8) is 0 Å². The molecule has 1 amide bonds. The van der Waals surface area contributed by atoms with E-state index in [2.05, 4.69) is 10.4 Å². The van der Waals surface area contributed by atoms with Crippen molar-refractivity contribution in [2.24, 2.45) is 0 Å². The summed E-state index contributed by atoms with van der Waals surface area (Å²) in [4.78, 5) is 12.4. The molecular formula is C18H16FN3O3S. The van der Waals surface area contributed by atoms with Crippen molar-refractivity contribution >= 4 is 15.7 Å². The molecule has 3 rings (SSSR count). The van der Waals surface area contributed by atoms with Crippen LogP contribution in [0.25, 0.3) is 5.69 Å². The van der Waals surface area contributed by atoms with Crippen molar-refractivity contribution < 1.29 is 17.6 Å². The van der Waals surface area contributed by atoms with E-state index >= 15 is 0 Å². The number of nitrogens with zero attached hydrogens (tertiary/aromatic N) is 2. The van der Waals surface area contributed by atoms with E-state index in [1.165, 1.54) is 35.1 Å². The Morgan fingerprint density at radius 1 is 1.12 bits per heavy atom. The van der Waals surface area contributed by atoms with Crippen LogP contribution in [0.15, 0.2) is 65.7 Å². The molecule has 134 valence electrons. The predicted molar refractivity (Wildman–Crippen MR) is 94.2 cm³/mol. The first-order valence-corrected chi connectivity index (χ1v) is 9.61. The summed E-state index contributed by atoms with van der Waals surface area (Å²) in [6.07, 6.45) is 2.64. The van der Waals surface area contributed by atoms with Gasteiger partial charge in [-0.2, -0.15) is 5.10 Å². The number of rotatable bonds is 5. The van der Waals surface area contributed by atoms with Gasteiger partial charge >= 0.3 is 0 Å². The first-order chi connectivity index (χ1) is 12.3. The number of sulfone groups is 1. The van der Waals surface area contributed by atoms with Gasteiger partial charge in [0.15, 0.2) is 15.5 Å². The van der Waals surface area contributed by atoms with E-state index in [0.29, 0.717) is 0 Å². The molecule has 0 fully saturated rings. The first-order valence-electron chi connectivity index (χ1n) is 7.72. The molecule has 0 atom stereocenters. The molecule has 2 aromatic carbocycles. The zero-order chi connectivity index (χ0) is 18.7. The number of para-hydroxylation sites is 1. The van der Waals surface area contributed by atoms with E-state index in [-0.39, 0.29) is 22.8 Å². The van der Waals surface area contributed by atoms with E-state index < -0.39 is 21.6 Å². The second-order valence-corrected chi connectivity index (χ2v) is 7.71. The minimum absolute atomic E-state index is 0.154. The number of carbonyl (C=O) groups excluding carboxylic acids is 1. The van der Waals surface area contributed by atoms with Gasteiger partial charge in [-0.05, 0) is 35.9 Å². The Morgan fingerprint density at radius 3 is 2.46 bits per heavy atom. The fraction of sp³-hybridized carbons (Fsp3) is 0.111. The van der Waals surface area contributed by atoms with E-state index in [0.717, 1.165) is 11.8 Å². The second kappa shape index (κ2) is 7.09. The van der Waals surface area contributed by atoms with Crippen LogP contribution in [0.4, 0.5) is 4.39 Å². The van der Waals surface area contributed by atoms with Gasteiger partial charge in [0, 0.05) is 19.0 Å². The fourth-order valence-corrected chi connectivity index (χ4v) is 2.97. The van der Waals surface area contributed by atoms with Gasteiger partial charge in [-0.3, -0.25) is 4.79 Å². The monoisotopic (exact) mass is 373 g/mol. The summed E-state index contributed by atoms with van der Waals surface area (Å²) in [7, 11) is -3.25. The van der Waals surface area contributed by atoms with Crippen molar-refractivity contribution in [1.29, 1.82) is 0 Å². The van der Waals surface area contributed by atoms with E-state index in [4.69, 9.17) is 0 Å². The molecule has 0 bridgehead atoms. The van der Waals surface area contributed by atoms with Crippen LogP contribution in [-0.2, 0) is 16.4 Å². The van der Waals surface area contributed by atoms with Crippen molar-refractivity contribution in [2.45, 2.75) is 11.4 Å². The summed E-state index contributed by atoms with van der Waals surface area (Å²) < 4.78 is 37.9. The summed E-state index contributed by atoms with van der Waals surface area (Å²) in [5.41, 5.74) is 1.16. The van der Waals surface area contributed by atoms with Gasteiger partial charge in [0.2, 0.25) is 0 Å². The van der Waals surface area contributed by atoms with Crippen LogP contribution in [0.2, 0.25) is 0 Å². The molecule has 3 aromatic rings. The summed E-state index contributed by atoms with van der Waals surface area (Å²) in [5.74, 6) is -0.846. The van der Waals surface area contributed by atoms with Crippen LogP contribution in [0.1, 0.15) is 16.1 Å². The third kappa shape index (κ3) is 3.97. The van der Waals surface area contributed by atoms with Gasteiger partial charge in [-0.15, -0.1) is 0 Å². The highest BCUT2D eigenvalue weighted by molar-refractivity contribution is 7.90. The Hall–Kier alpha value is -3.00. The molecule has 0 saturated heterocycles. The van der Waals surface area contributed by atoms with E-state index in [1.807, 2.05) is 0 Å². The maximum Gasteiger partial charge on any atom is 0.272 e. The van der Waals surface area contributed by atoms with Gasteiger partial charge in [0.05, 0.1) is 4.90 Å². The number of nitrogens with one attached hydrogen (secondary N) is 1. The van der Waals surface area contributed by atoms with Crippen molar-refractivity contribution in [2.75, 3.05) is 6.26 Å². The number of amides is 1. The van der Waals surface area contributed by atoms with E-state index in [9.17, 15) is 17.6 Å². The molecule has 0 unspecified atom stereocenters. The van der Waals surface area contributed by atoms with Gasteiger partial charge in [0.25, 0.3) is 5.91 Å².